The molecule has 0 saturated heterocycles. The number of hydrogen-bond donors (Lipinski definition) is 1. The first-order valence-corrected chi connectivity index (χ1v) is 7.63. The van der Waals surface area contributed by atoms with Gasteiger partial charge in [-0.3, -0.25) is 14.2 Å². The standard InChI is InChI=1S/C15H11ClN2O3S/c1-8-12(9-2-4-10(16)5-3-9)13-14(22-8)17-7-18(15(13)21)6-11(19)20/h2-5,7H,6H2,1H3,(H,19,20). The topological polar surface area (TPSA) is 72.2 Å². The summed E-state index contributed by atoms with van der Waals surface area (Å²) in [6.45, 7) is 1.51. The van der Waals surface area contributed by atoms with Crippen LogP contribution in [0.3, 0.4) is 0 Å². The molecule has 1 aromatic carbocycles. The van der Waals surface area contributed by atoms with E-state index in [0.717, 1.165) is 20.6 Å². The van der Waals surface area contributed by atoms with Crippen molar-refractivity contribution in [2.24, 2.45) is 0 Å². The number of carboxylic acids is 1. The quantitative estimate of drug-likeness (QED) is 0.798. The fourth-order valence-electron chi connectivity index (χ4n) is 2.36. The highest BCUT2D eigenvalue weighted by atomic mass is 35.5. The molecule has 2 heterocycles. The number of carbonyl (C=O) groups is 1. The predicted octanol–water partition coefficient (Wildman–Crippen LogP) is 3.17. The van der Waals surface area contributed by atoms with E-state index >= 15 is 0 Å². The number of nitrogens with zero attached hydrogens (tertiary/aromatic N) is 2. The second-order valence-electron chi connectivity index (χ2n) is 4.79. The SMILES string of the molecule is Cc1sc2ncn(CC(=O)O)c(=O)c2c1-c1ccc(Cl)cc1. The Hall–Kier alpha value is -2.18. The van der Waals surface area contributed by atoms with Gasteiger partial charge in [-0.05, 0) is 24.6 Å². The van der Waals surface area contributed by atoms with Gasteiger partial charge in [0.1, 0.15) is 11.4 Å². The molecular formula is C15H11ClN2O3S. The molecule has 3 rings (SSSR count). The number of halogens is 1. The van der Waals surface area contributed by atoms with E-state index in [1.807, 2.05) is 19.1 Å². The van der Waals surface area contributed by atoms with Gasteiger partial charge in [-0.25, -0.2) is 4.98 Å². The molecule has 5 nitrogen and oxygen atoms in total. The van der Waals surface area contributed by atoms with Gasteiger partial charge in [0.25, 0.3) is 5.56 Å². The van der Waals surface area contributed by atoms with E-state index < -0.39 is 12.5 Å². The normalized spacial score (nSPS) is 11.0. The van der Waals surface area contributed by atoms with E-state index in [1.54, 1.807) is 12.1 Å². The van der Waals surface area contributed by atoms with Crippen molar-refractivity contribution in [3.63, 3.8) is 0 Å². The molecule has 2 aromatic heterocycles. The number of aryl methyl sites for hydroxylation is 1. The van der Waals surface area contributed by atoms with E-state index in [9.17, 15) is 9.59 Å². The summed E-state index contributed by atoms with van der Waals surface area (Å²) in [5, 5.41) is 9.95. The van der Waals surface area contributed by atoms with Crippen LogP contribution in [0.2, 0.25) is 5.02 Å². The molecule has 7 heteroatoms. The second-order valence-corrected chi connectivity index (χ2v) is 6.43. The highest BCUT2D eigenvalue weighted by Crippen LogP contribution is 2.35. The van der Waals surface area contributed by atoms with E-state index in [1.165, 1.54) is 17.7 Å². The summed E-state index contributed by atoms with van der Waals surface area (Å²) >= 11 is 7.32. The van der Waals surface area contributed by atoms with E-state index in [4.69, 9.17) is 16.7 Å². The average molecular weight is 335 g/mol. The Balaban J connectivity index is 2.29. The molecule has 0 bridgehead atoms. The minimum absolute atomic E-state index is 0.346. The minimum atomic E-state index is -1.08. The summed E-state index contributed by atoms with van der Waals surface area (Å²) in [7, 11) is 0. The van der Waals surface area contributed by atoms with Crippen molar-refractivity contribution >= 4 is 39.1 Å². The van der Waals surface area contributed by atoms with Gasteiger partial charge in [-0.15, -0.1) is 11.3 Å². The van der Waals surface area contributed by atoms with Gasteiger partial charge >= 0.3 is 5.97 Å². The monoisotopic (exact) mass is 334 g/mol. The number of carboxylic acid groups (broad SMARTS) is 1. The molecule has 22 heavy (non-hydrogen) atoms. The summed E-state index contributed by atoms with van der Waals surface area (Å²) in [5.74, 6) is -1.08. The van der Waals surface area contributed by atoms with Crippen LogP contribution in [0, 0.1) is 6.92 Å². The average Bonchev–Trinajstić information content (AvgIpc) is 2.80. The van der Waals surface area contributed by atoms with Gasteiger partial charge in [0.2, 0.25) is 0 Å². The third-order valence-electron chi connectivity index (χ3n) is 3.29. The smallest absolute Gasteiger partial charge is 0.323 e. The highest BCUT2D eigenvalue weighted by molar-refractivity contribution is 7.19. The molecule has 0 atom stereocenters. The van der Waals surface area contributed by atoms with Crippen LogP contribution in [0.25, 0.3) is 21.3 Å². The van der Waals surface area contributed by atoms with E-state index in [0.29, 0.717) is 15.2 Å². The van der Waals surface area contributed by atoms with Crippen LogP contribution in [0.1, 0.15) is 4.88 Å². The maximum absolute atomic E-state index is 12.6. The van der Waals surface area contributed by atoms with Crippen molar-refractivity contribution in [1.82, 2.24) is 9.55 Å². The third-order valence-corrected chi connectivity index (χ3v) is 4.56. The summed E-state index contributed by atoms with van der Waals surface area (Å²) in [6.07, 6.45) is 1.28. The Morgan fingerprint density at radius 3 is 2.68 bits per heavy atom. The number of aromatic nitrogens is 2. The summed E-state index contributed by atoms with van der Waals surface area (Å²) < 4.78 is 1.11. The molecule has 112 valence electrons. The molecule has 0 aliphatic rings. The largest absolute Gasteiger partial charge is 0.480 e. The number of thiophene rings is 1. The number of aliphatic carboxylic acids is 1. The van der Waals surface area contributed by atoms with Crippen LogP contribution in [-0.4, -0.2) is 20.6 Å². The summed E-state index contributed by atoms with van der Waals surface area (Å²) in [4.78, 5) is 29.2. The van der Waals surface area contributed by atoms with Crippen LogP contribution >= 0.6 is 22.9 Å². The van der Waals surface area contributed by atoms with Crippen molar-refractivity contribution in [3.8, 4) is 11.1 Å². The molecule has 0 aliphatic carbocycles. The molecule has 0 aliphatic heterocycles. The molecule has 0 saturated carbocycles. The van der Waals surface area contributed by atoms with Gasteiger partial charge in [-0.1, -0.05) is 23.7 Å². The Kier molecular flexibility index (Phi) is 3.72. The van der Waals surface area contributed by atoms with E-state index in [2.05, 4.69) is 4.98 Å². The zero-order chi connectivity index (χ0) is 15.9. The molecule has 0 amide bonds. The molecule has 0 unspecified atom stereocenters. The van der Waals surface area contributed by atoms with Gasteiger partial charge in [0, 0.05) is 15.5 Å². The van der Waals surface area contributed by atoms with Crippen molar-refractivity contribution in [1.29, 1.82) is 0 Å². The zero-order valence-electron chi connectivity index (χ0n) is 11.5. The highest BCUT2D eigenvalue weighted by Gasteiger charge is 2.17. The number of benzene rings is 1. The molecular weight excluding hydrogens is 324 g/mol. The lowest BCUT2D eigenvalue weighted by atomic mass is 10.0. The van der Waals surface area contributed by atoms with Gasteiger partial charge in [-0.2, -0.15) is 0 Å². The van der Waals surface area contributed by atoms with Crippen molar-refractivity contribution in [2.45, 2.75) is 13.5 Å². The van der Waals surface area contributed by atoms with Crippen LogP contribution in [0.15, 0.2) is 35.4 Å². The van der Waals surface area contributed by atoms with E-state index in [-0.39, 0.29) is 5.56 Å². The lowest BCUT2D eigenvalue weighted by molar-refractivity contribution is -0.137. The first-order valence-electron chi connectivity index (χ1n) is 6.43. The van der Waals surface area contributed by atoms with Gasteiger partial charge in [0.15, 0.2) is 0 Å². The van der Waals surface area contributed by atoms with Crippen LogP contribution in [0.5, 0.6) is 0 Å². The molecule has 1 N–H and O–H groups in total. The Labute approximate surface area is 134 Å². The van der Waals surface area contributed by atoms with Gasteiger partial charge < -0.3 is 5.11 Å². The molecule has 0 spiro atoms. The lowest BCUT2D eigenvalue weighted by Gasteiger charge is -2.04. The zero-order valence-corrected chi connectivity index (χ0v) is 13.1. The first kappa shape index (κ1) is 14.7. The van der Waals surface area contributed by atoms with Crippen LogP contribution in [0.4, 0.5) is 0 Å². The Morgan fingerprint density at radius 1 is 1.36 bits per heavy atom. The predicted molar refractivity (Wildman–Crippen MR) is 86.7 cm³/mol. The third kappa shape index (κ3) is 2.51. The second kappa shape index (κ2) is 5.55. The summed E-state index contributed by atoms with van der Waals surface area (Å²) in [5.41, 5.74) is 1.30. The minimum Gasteiger partial charge on any atom is -0.480 e. The fourth-order valence-corrected chi connectivity index (χ4v) is 3.49. The van der Waals surface area contributed by atoms with Crippen LogP contribution in [-0.2, 0) is 11.3 Å². The first-order chi connectivity index (χ1) is 10.5. The van der Waals surface area contributed by atoms with Crippen molar-refractivity contribution < 1.29 is 9.90 Å². The molecule has 0 fully saturated rings. The van der Waals surface area contributed by atoms with Gasteiger partial charge in [0.05, 0.1) is 11.7 Å². The molecule has 3 aromatic rings. The Morgan fingerprint density at radius 2 is 2.05 bits per heavy atom. The number of rotatable bonds is 3. The lowest BCUT2D eigenvalue weighted by Crippen LogP contribution is -2.24. The number of fused-ring (bicyclic) bond motifs is 1. The summed E-state index contributed by atoms with van der Waals surface area (Å²) in [6, 6.07) is 7.19. The molecule has 0 radical (unpaired) electrons. The maximum Gasteiger partial charge on any atom is 0.323 e. The van der Waals surface area contributed by atoms with Crippen molar-refractivity contribution in [3.05, 3.63) is 50.8 Å². The fraction of sp³-hybridized carbons (Fsp3) is 0.133. The van der Waals surface area contributed by atoms with Crippen molar-refractivity contribution in [2.75, 3.05) is 0 Å². The van der Waals surface area contributed by atoms with Crippen LogP contribution < -0.4 is 5.56 Å². The maximum atomic E-state index is 12.6. The Bertz CT molecular complexity index is 928. The number of hydrogen-bond acceptors (Lipinski definition) is 4.